The Morgan fingerprint density at radius 2 is 2.24 bits per heavy atom. The number of hydrogen-bond acceptors (Lipinski definition) is 5. The minimum absolute atomic E-state index is 0.280. The van der Waals surface area contributed by atoms with Crippen molar-refractivity contribution < 1.29 is 9.34 Å². The van der Waals surface area contributed by atoms with Crippen molar-refractivity contribution in [2.45, 2.75) is 5.16 Å². The number of nitrogens with one attached hydrogen (secondary N) is 1. The zero-order valence-corrected chi connectivity index (χ0v) is 12.0. The molecule has 21 heavy (non-hydrogen) atoms. The van der Waals surface area contributed by atoms with Gasteiger partial charge in [-0.2, -0.15) is 0 Å². The Balaban J connectivity index is 1.73. The zero-order chi connectivity index (χ0) is 14.8. The lowest BCUT2D eigenvalue weighted by Gasteiger charge is -1.87. The summed E-state index contributed by atoms with van der Waals surface area (Å²) in [7, 11) is 0. The monoisotopic (exact) mass is 321 g/mol. The van der Waals surface area contributed by atoms with E-state index in [1.807, 2.05) is 6.07 Å². The highest BCUT2D eigenvalue weighted by Gasteiger charge is 2.09. The van der Waals surface area contributed by atoms with Crippen LogP contribution < -0.4 is 0 Å². The van der Waals surface area contributed by atoms with E-state index in [4.69, 9.17) is 16.0 Å². The number of rotatable bonds is 4. The van der Waals surface area contributed by atoms with E-state index in [1.54, 1.807) is 23.6 Å². The summed E-state index contributed by atoms with van der Waals surface area (Å²) in [5.74, 6) is 0.131. The van der Waals surface area contributed by atoms with Crippen LogP contribution in [0, 0.1) is 10.1 Å². The van der Waals surface area contributed by atoms with E-state index >= 15 is 0 Å². The van der Waals surface area contributed by atoms with Gasteiger partial charge in [-0.05, 0) is 35.7 Å². The first-order chi connectivity index (χ1) is 10.1. The van der Waals surface area contributed by atoms with Gasteiger partial charge in [0, 0.05) is 5.02 Å². The van der Waals surface area contributed by atoms with E-state index in [1.165, 1.54) is 23.9 Å². The Morgan fingerprint density at radius 1 is 1.38 bits per heavy atom. The Hall–Kier alpha value is -2.25. The molecule has 0 saturated carbocycles. The predicted molar refractivity (Wildman–Crippen MR) is 81.4 cm³/mol. The fraction of sp³-hybridized carbons (Fsp3) is 0. The summed E-state index contributed by atoms with van der Waals surface area (Å²) in [6.07, 6.45) is 1.64. The number of fused-ring (bicyclic) bond motifs is 1. The van der Waals surface area contributed by atoms with Crippen molar-refractivity contribution in [1.29, 1.82) is 0 Å². The highest BCUT2D eigenvalue weighted by Crippen LogP contribution is 2.24. The van der Waals surface area contributed by atoms with E-state index < -0.39 is 4.92 Å². The number of halogens is 1. The number of furan rings is 1. The zero-order valence-electron chi connectivity index (χ0n) is 10.4. The second-order valence-electron chi connectivity index (χ2n) is 4.06. The van der Waals surface area contributed by atoms with Crippen molar-refractivity contribution in [2.24, 2.45) is 0 Å². The van der Waals surface area contributed by atoms with Gasteiger partial charge in [0.05, 0.1) is 17.1 Å². The van der Waals surface area contributed by atoms with Crippen LogP contribution in [0.1, 0.15) is 5.76 Å². The molecule has 2 aromatic heterocycles. The minimum Gasteiger partial charge on any atom is -0.401 e. The van der Waals surface area contributed by atoms with Crippen molar-refractivity contribution in [1.82, 2.24) is 9.97 Å². The normalized spacial score (nSPS) is 11.5. The first-order valence-electron chi connectivity index (χ1n) is 5.84. The highest BCUT2D eigenvalue weighted by molar-refractivity contribution is 8.02. The van der Waals surface area contributed by atoms with Gasteiger partial charge in [0.25, 0.3) is 0 Å². The van der Waals surface area contributed by atoms with E-state index in [-0.39, 0.29) is 5.88 Å². The van der Waals surface area contributed by atoms with Crippen LogP contribution in [0.4, 0.5) is 5.88 Å². The summed E-state index contributed by atoms with van der Waals surface area (Å²) in [4.78, 5) is 17.4. The standard InChI is InChI=1S/C13H8ClN3O3S/c14-8-1-3-10-11(7-8)16-13(15-10)21-6-5-9-2-4-12(20-9)17(18)19/h1-7H,(H,15,16)/b6-5+. The van der Waals surface area contributed by atoms with Gasteiger partial charge in [-0.1, -0.05) is 23.4 Å². The van der Waals surface area contributed by atoms with Gasteiger partial charge >= 0.3 is 5.88 Å². The average Bonchev–Trinajstić information content (AvgIpc) is 3.04. The fourth-order valence-corrected chi connectivity index (χ4v) is 2.53. The molecule has 0 bridgehead atoms. The first kappa shape index (κ1) is 13.7. The molecule has 0 unspecified atom stereocenters. The van der Waals surface area contributed by atoms with Crippen LogP contribution in [0.2, 0.25) is 5.02 Å². The number of thioether (sulfide) groups is 1. The molecule has 0 saturated heterocycles. The maximum Gasteiger partial charge on any atom is 0.433 e. The van der Waals surface area contributed by atoms with E-state index in [2.05, 4.69) is 9.97 Å². The maximum absolute atomic E-state index is 10.5. The fourth-order valence-electron chi connectivity index (χ4n) is 1.71. The number of hydrogen-bond donors (Lipinski definition) is 1. The molecule has 106 valence electrons. The molecule has 3 aromatic rings. The first-order valence-corrected chi connectivity index (χ1v) is 7.10. The van der Waals surface area contributed by atoms with E-state index in [9.17, 15) is 10.1 Å². The predicted octanol–water partition coefficient (Wildman–Crippen LogP) is 4.48. The SMILES string of the molecule is O=[N+]([O-])c1ccc(/C=C/Sc2nc3ccc(Cl)cc3[nH]2)o1. The average molecular weight is 322 g/mol. The Bertz CT molecular complexity index is 840. The molecule has 0 aliphatic rings. The number of imidazole rings is 1. The van der Waals surface area contributed by atoms with Gasteiger partial charge in [0.2, 0.25) is 0 Å². The van der Waals surface area contributed by atoms with Crippen LogP contribution in [0.25, 0.3) is 17.1 Å². The Labute approximate surface area is 128 Å². The van der Waals surface area contributed by atoms with Crippen molar-refractivity contribution in [3.8, 4) is 0 Å². The molecule has 0 atom stereocenters. The summed E-state index contributed by atoms with van der Waals surface area (Å²) in [5, 5.41) is 13.6. The molecular weight excluding hydrogens is 314 g/mol. The lowest BCUT2D eigenvalue weighted by molar-refractivity contribution is -0.402. The molecule has 0 aliphatic heterocycles. The lowest BCUT2D eigenvalue weighted by atomic mass is 10.3. The minimum atomic E-state index is -0.576. The number of nitrogens with zero attached hydrogens (tertiary/aromatic N) is 2. The van der Waals surface area contributed by atoms with Gasteiger partial charge in [-0.3, -0.25) is 10.1 Å². The third-order valence-corrected chi connectivity index (χ3v) is 3.55. The molecule has 8 heteroatoms. The van der Waals surface area contributed by atoms with Crippen LogP contribution >= 0.6 is 23.4 Å². The molecule has 2 heterocycles. The van der Waals surface area contributed by atoms with Gasteiger partial charge < -0.3 is 9.40 Å². The third-order valence-electron chi connectivity index (χ3n) is 2.63. The highest BCUT2D eigenvalue weighted by atomic mass is 35.5. The number of H-pyrrole nitrogens is 1. The molecule has 3 rings (SSSR count). The van der Waals surface area contributed by atoms with Gasteiger partial charge in [-0.25, -0.2) is 4.98 Å². The smallest absolute Gasteiger partial charge is 0.401 e. The number of benzene rings is 1. The molecule has 6 nitrogen and oxygen atoms in total. The topological polar surface area (TPSA) is 85.0 Å². The third kappa shape index (κ3) is 3.09. The molecule has 0 amide bonds. The molecule has 0 fully saturated rings. The second-order valence-corrected chi connectivity index (χ2v) is 5.39. The van der Waals surface area contributed by atoms with Gasteiger partial charge in [-0.15, -0.1) is 0 Å². The van der Waals surface area contributed by atoms with Gasteiger partial charge in [0.15, 0.2) is 5.16 Å². The molecule has 0 spiro atoms. The Kier molecular flexibility index (Phi) is 3.68. The molecule has 1 N–H and O–H groups in total. The van der Waals surface area contributed by atoms with Crippen LogP contribution in [-0.4, -0.2) is 14.9 Å². The van der Waals surface area contributed by atoms with Crippen molar-refractivity contribution >= 4 is 46.4 Å². The van der Waals surface area contributed by atoms with E-state index in [0.29, 0.717) is 15.9 Å². The second kappa shape index (κ2) is 5.63. The van der Waals surface area contributed by atoms with Crippen LogP contribution in [0.5, 0.6) is 0 Å². The van der Waals surface area contributed by atoms with Gasteiger partial charge in [0.1, 0.15) is 10.7 Å². The summed E-state index contributed by atoms with van der Waals surface area (Å²) in [6.45, 7) is 0. The van der Waals surface area contributed by atoms with Crippen LogP contribution in [0.15, 0.2) is 45.3 Å². The summed E-state index contributed by atoms with van der Waals surface area (Å²) >= 11 is 7.25. The summed E-state index contributed by atoms with van der Waals surface area (Å²) in [5.41, 5.74) is 1.68. The summed E-state index contributed by atoms with van der Waals surface area (Å²) in [6, 6.07) is 8.25. The largest absolute Gasteiger partial charge is 0.433 e. The van der Waals surface area contributed by atoms with E-state index in [0.717, 1.165) is 11.0 Å². The number of aromatic amines is 1. The van der Waals surface area contributed by atoms with Crippen molar-refractivity contribution in [3.05, 3.63) is 56.6 Å². The quantitative estimate of drug-likeness (QED) is 0.435. The number of aromatic nitrogens is 2. The van der Waals surface area contributed by atoms with Crippen LogP contribution in [0.3, 0.4) is 0 Å². The van der Waals surface area contributed by atoms with Crippen LogP contribution in [-0.2, 0) is 0 Å². The molecule has 0 aliphatic carbocycles. The molecular formula is C13H8ClN3O3S. The maximum atomic E-state index is 10.5. The van der Waals surface area contributed by atoms with Crippen molar-refractivity contribution in [2.75, 3.05) is 0 Å². The Morgan fingerprint density at radius 3 is 3.00 bits per heavy atom. The lowest BCUT2D eigenvalue weighted by Crippen LogP contribution is -1.82. The molecule has 1 aromatic carbocycles. The molecule has 0 radical (unpaired) electrons. The summed E-state index contributed by atoms with van der Waals surface area (Å²) < 4.78 is 5.01. The number of nitro groups is 1. The van der Waals surface area contributed by atoms with Crippen molar-refractivity contribution in [3.63, 3.8) is 0 Å².